The topological polar surface area (TPSA) is 51.8 Å². The number of phenols is 1. The van der Waals surface area contributed by atoms with Crippen LogP contribution in [0.25, 0.3) is 21.8 Å². The summed E-state index contributed by atoms with van der Waals surface area (Å²) < 4.78 is 0. The number of benzene rings is 3. The molecule has 5 rings (SSSR count). The second kappa shape index (κ2) is 7.99. The smallest absolute Gasteiger partial charge is 0.119 e. The first-order valence-corrected chi connectivity index (χ1v) is 11.0. The van der Waals surface area contributed by atoms with Gasteiger partial charge in [-0.3, -0.25) is 0 Å². The fraction of sp³-hybridized carbons (Fsp3) is 0.214. The summed E-state index contributed by atoms with van der Waals surface area (Å²) in [5.74, 6) is 1.00. The standard InChI is InChI=1S/C28H28N2O/c1-18(26-16-21-8-3-5-11-24(21)29-26)14-20-10-7-13-28(31)23(20)15-19(2)27-17-22-9-4-6-12-25(22)30-27/h3-13,16-19,29-31H,14-15H2,1-2H3. The fourth-order valence-corrected chi connectivity index (χ4v) is 4.63. The van der Waals surface area contributed by atoms with Gasteiger partial charge in [-0.25, -0.2) is 0 Å². The Morgan fingerprint density at radius 3 is 1.81 bits per heavy atom. The average Bonchev–Trinajstić information content (AvgIpc) is 3.40. The fourth-order valence-electron chi connectivity index (χ4n) is 4.63. The molecule has 3 N–H and O–H groups in total. The zero-order valence-electron chi connectivity index (χ0n) is 18.0. The van der Waals surface area contributed by atoms with E-state index in [0.717, 1.165) is 23.9 Å². The summed E-state index contributed by atoms with van der Waals surface area (Å²) in [6, 6.07) is 27.2. The maximum absolute atomic E-state index is 10.7. The highest BCUT2D eigenvalue weighted by atomic mass is 16.3. The van der Waals surface area contributed by atoms with Crippen LogP contribution in [-0.2, 0) is 12.8 Å². The highest BCUT2D eigenvalue weighted by Gasteiger charge is 2.18. The number of phenolic OH excluding ortho intramolecular Hbond substituents is 1. The number of fused-ring (bicyclic) bond motifs is 2. The summed E-state index contributed by atoms with van der Waals surface area (Å²) in [6.45, 7) is 4.47. The molecular formula is C28H28N2O. The number of para-hydroxylation sites is 2. The molecule has 2 aromatic heterocycles. The van der Waals surface area contributed by atoms with Crippen molar-refractivity contribution >= 4 is 21.8 Å². The average molecular weight is 409 g/mol. The molecule has 3 nitrogen and oxygen atoms in total. The van der Waals surface area contributed by atoms with E-state index in [1.54, 1.807) is 0 Å². The van der Waals surface area contributed by atoms with Gasteiger partial charge in [0, 0.05) is 34.3 Å². The van der Waals surface area contributed by atoms with Crippen LogP contribution in [0.15, 0.2) is 78.9 Å². The largest absolute Gasteiger partial charge is 0.508 e. The van der Waals surface area contributed by atoms with Crippen LogP contribution < -0.4 is 0 Å². The molecule has 2 atom stereocenters. The number of nitrogens with one attached hydrogen (secondary N) is 2. The Morgan fingerprint density at radius 1 is 0.677 bits per heavy atom. The Morgan fingerprint density at radius 2 is 1.23 bits per heavy atom. The second-order valence-electron chi connectivity index (χ2n) is 8.75. The minimum absolute atomic E-state index is 0.280. The summed E-state index contributed by atoms with van der Waals surface area (Å²) in [5.41, 5.74) is 7.05. The van der Waals surface area contributed by atoms with E-state index in [0.29, 0.717) is 11.7 Å². The van der Waals surface area contributed by atoms with Crippen LogP contribution >= 0.6 is 0 Å². The van der Waals surface area contributed by atoms with Crippen molar-refractivity contribution in [2.45, 2.75) is 38.5 Å². The van der Waals surface area contributed by atoms with Gasteiger partial charge < -0.3 is 15.1 Å². The normalized spacial score (nSPS) is 13.6. The molecule has 0 radical (unpaired) electrons. The summed E-state index contributed by atoms with van der Waals surface area (Å²) >= 11 is 0. The Hall–Kier alpha value is -3.46. The van der Waals surface area contributed by atoms with Crippen molar-refractivity contribution in [3.05, 3.63) is 101 Å². The first kappa shape index (κ1) is 19.5. The van der Waals surface area contributed by atoms with Crippen molar-refractivity contribution in [1.29, 1.82) is 0 Å². The number of hydrogen-bond donors (Lipinski definition) is 3. The molecule has 2 heterocycles. The predicted octanol–water partition coefficient (Wildman–Crippen LogP) is 7.05. The van der Waals surface area contributed by atoms with E-state index in [2.05, 4.69) is 90.5 Å². The monoisotopic (exact) mass is 408 g/mol. The first-order chi connectivity index (χ1) is 15.1. The summed E-state index contributed by atoms with van der Waals surface area (Å²) in [7, 11) is 0. The lowest BCUT2D eigenvalue weighted by atomic mass is 9.89. The van der Waals surface area contributed by atoms with Crippen molar-refractivity contribution in [3.63, 3.8) is 0 Å². The molecule has 0 saturated heterocycles. The van der Waals surface area contributed by atoms with Gasteiger partial charge in [-0.15, -0.1) is 0 Å². The van der Waals surface area contributed by atoms with Gasteiger partial charge in [0.1, 0.15) is 5.75 Å². The molecule has 0 aliphatic carbocycles. The molecule has 0 aliphatic rings. The maximum atomic E-state index is 10.7. The number of aromatic amines is 2. The first-order valence-electron chi connectivity index (χ1n) is 11.0. The zero-order chi connectivity index (χ0) is 21.4. The van der Waals surface area contributed by atoms with E-state index in [1.165, 1.54) is 33.2 Å². The molecule has 2 unspecified atom stereocenters. The minimum Gasteiger partial charge on any atom is -0.508 e. The molecule has 0 aliphatic heterocycles. The number of hydrogen-bond acceptors (Lipinski definition) is 1. The predicted molar refractivity (Wildman–Crippen MR) is 129 cm³/mol. The van der Waals surface area contributed by atoms with Crippen LogP contribution in [0.2, 0.25) is 0 Å². The van der Waals surface area contributed by atoms with Gasteiger partial charge in [0.15, 0.2) is 0 Å². The highest BCUT2D eigenvalue weighted by Crippen LogP contribution is 2.32. The van der Waals surface area contributed by atoms with Crippen molar-refractivity contribution in [2.75, 3.05) is 0 Å². The Balaban J connectivity index is 1.40. The highest BCUT2D eigenvalue weighted by molar-refractivity contribution is 5.81. The molecule has 0 bridgehead atoms. The van der Waals surface area contributed by atoms with Crippen molar-refractivity contribution in [1.82, 2.24) is 9.97 Å². The van der Waals surface area contributed by atoms with Crippen LogP contribution in [-0.4, -0.2) is 15.1 Å². The van der Waals surface area contributed by atoms with Gasteiger partial charge >= 0.3 is 0 Å². The lowest BCUT2D eigenvalue weighted by molar-refractivity contribution is 0.463. The van der Waals surface area contributed by atoms with E-state index < -0.39 is 0 Å². The van der Waals surface area contributed by atoms with Gasteiger partial charge in [-0.05, 0) is 65.1 Å². The zero-order valence-corrected chi connectivity index (χ0v) is 18.0. The summed E-state index contributed by atoms with van der Waals surface area (Å²) in [4.78, 5) is 7.11. The third kappa shape index (κ3) is 3.84. The molecule has 3 aromatic carbocycles. The quantitative estimate of drug-likeness (QED) is 0.277. The van der Waals surface area contributed by atoms with E-state index in [1.807, 2.05) is 12.1 Å². The summed E-state index contributed by atoms with van der Waals surface area (Å²) in [5, 5.41) is 13.2. The lowest BCUT2D eigenvalue weighted by Gasteiger charge is -2.18. The van der Waals surface area contributed by atoms with E-state index in [9.17, 15) is 5.11 Å². The number of rotatable bonds is 6. The lowest BCUT2D eigenvalue weighted by Crippen LogP contribution is -2.06. The van der Waals surface area contributed by atoms with Crippen LogP contribution in [0.3, 0.4) is 0 Å². The van der Waals surface area contributed by atoms with Crippen LogP contribution in [0.4, 0.5) is 0 Å². The van der Waals surface area contributed by atoms with Crippen LogP contribution in [0.1, 0.15) is 48.2 Å². The molecule has 3 heteroatoms. The van der Waals surface area contributed by atoms with Gasteiger partial charge in [-0.2, -0.15) is 0 Å². The Bertz CT molecular complexity index is 1280. The van der Waals surface area contributed by atoms with Gasteiger partial charge in [-0.1, -0.05) is 62.4 Å². The molecule has 31 heavy (non-hydrogen) atoms. The van der Waals surface area contributed by atoms with E-state index in [-0.39, 0.29) is 5.92 Å². The molecular weight excluding hydrogens is 380 g/mol. The van der Waals surface area contributed by atoms with Crippen LogP contribution in [0.5, 0.6) is 5.75 Å². The van der Waals surface area contributed by atoms with Gasteiger partial charge in [0.05, 0.1) is 0 Å². The van der Waals surface area contributed by atoms with E-state index >= 15 is 0 Å². The summed E-state index contributed by atoms with van der Waals surface area (Å²) in [6.07, 6.45) is 1.68. The number of aromatic nitrogens is 2. The molecule has 156 valence electrons. The Labute approximate surface area is 182 Å². The minimum atomic E-state index is 0.280. The molecule has 0 spiro atoms. The third-order valence-corrected chi connectivity index (χ3v) is 6.45. The molecule has 5 aromatic rings. The maximum Gasteiger partial charge on any atom is 0.119 e. The van der Waals surface area contributed by atoms with Crippen molar-refractivity contribution < 1.29 is 5.11 Å². The van der Waals surface area contributed by atoms with Crippen molar-refractivity contribution in [2.24, 2.45) is 0 Å². The SMILES string of the molecule is CC(Cc1cccc(O)c1CC(C)c1cc2ccccc2[nH]1)c1cc2ccccc2[nH]1. The third-order valence-electron chi connectivity index (χ3n) is 6.45. The molecule has 0 fully saturated rings. The van der Waals surface area contributed by atoms with Gasteiger partial charge in [0.2, 0.25) is 0 Å². The van der Waals surface area contributed by atoms with Crippen LogP contribution in [0, 0.1) is 0 Å². The number of aromatic hydroxyl groups is 1. The van der Waals surface area contributed by atoms with Gasteiger partial charge in [0.25, 0.3) is 0 Å². The van der Waals surface area contributed by atoms with Crippen molar-refractivity contribution in [3.8, 4) is 5.75 Å². The Kier molecular flexibility index (Phi) is 5.03. The van der Waals surface area contributed by atoms with E-state index in [4.69, 9.17) is 0 Å². The molecule has 0 saturated carbocycles. The second-order valence-corrected chi connectivity index (χ2v) is 8.75. The molecule has 0 amide bonds. The number of H-pyrrole nitrogens is 2.